The first kappa shape index (κ1) is 22.3. The van der Waals surface area contributed by atoms with Gasteiger partial charge in [-0.15, -0.1) is 11.3 Å². The van der Waals surface area contributed by atoms with Crippen molar-refractivity contribution >= 4 is 38.1 Å². The van der Waals surface area contributed by atoms with Crippen molar-refractivity contribution in [3.05, 3.63) is 70.7 Å². The molecule has 0 radical (unpaired) electrons. The number of sulfonamides is 1. The number of anilines is 2. The van der Waals surface area contributed by atoms with E-state index in [1.54, 1.807) is 60.9 Å². The molecule has 1 aliphatic rings. The molecular formula is C23H26N4O3S2. The van der Waals surface area contributed by atoms with Crippen molar-refractivity contribution in [2.45, 2.75) is 25.2 Å². The number of amides is 1. The summed E-state index contributed by atoms with van der Waals surface area (Å²) in [7, 11) is -3.76. The summed E-state index contributed by atoms with van der Waals surface area (Å²) in [6.45, 7) is 6.44. The van der Waals surface area contributed by atoms with Gasteiger partial charge in [-0.25, -0.2) is 13.4 Å². The Morgan fingerprint density at radius 3 is 2.69 bits per heavy atom. The normalized spacial score (nSPS) is 14.8. The fraction of sp³-hybridized carbons (Fsp3) is 0.304. The molecular weight excluding hydrogens is 444 g/mol. The van der Waals surface area contributed by atoms with Crippen LogP contribution in [-0.2, 0) is 10.0 Å². The Hall–Kier alpha value is -2.91. The molecule has 0 atom stereocenters. The van der Waals surface area contributed by atoms with E-state index >= 15 is 0 Å². The van der Waals surface area contributed by atoms with Crippen LogP contribution in [0.15, 0.2) is 58.9 Å². The van der Waals surface area contributed by atoms with Gasteiger partial charge in [0.1, 0.15) is 0 Å². The van der Waals surface area contributed by atoms with Gasteiger partial charge in [0.15, 0.2) is 5.13 Å². The number of thiazole rings is 1. The second-order valence-corrected chi connectivity index (χ2v) is 10.4. The van der Waals surface area contributed by atoms with Crippen LogP contribution >= 0.6 is 11.3 Å². The highest BCUT2D eigenvalue weighted by molar-refractivity contribution is 7.92. The minimum absolute atomic E-state index is 0.0984. The van der Waals surface area contributed by atoms with E-state index in [1.165, 1.54) is 0 Å². The Morgan fingerprint density at radius 1 is 1.06 bits per heavy atom. The SMILES string of the molecule is Cc1ccc(C)c(S(=O)(=O)Nc2cccc(C(=O)N3CCCN(c4nccs4)CC3)c2)c1. The van der Waals surface area contributed by atoms with Gasteiger partial charge in [0, 0.05) is 49.0 Å². The zero-order chi connectivity index (χ0) is 22.7. The minimum atomic E-state index is -3.76. The molecule has 1 aliphatic heterocycles. The van der Waals surface area contributed by atoms with E-state index in [0.29, 0.717) is 29.9 Å². The average Bonchev–Trinajstić information content (AvgIpc) is 3.19. The number of nitrogens with zero attached hydrogens (tertiary/aromatic N) is 3. The lowest BCUT2D eigenvalue weighted by Crippen LogP contribution is -2.35. The molecule has 0 aliphatic carbocycles. The van der Waals surface area contributed by atoms with Gasteiger partial charge in [0.2, 0.25) is 0 Å². The lowest BCUT2D eigenvalue weighted by Gasteiger charge is -2.22. The van der Waals surface area contributed by atoms with Gasteiger partial charge in [0.25, 0.3) is 15.9 Å². The van der Waals surface area contributed by atoms with Crippen LogP contribution in [-0.4, -0.2) is 50.4 Å². The molecule has 32 heavy (non-hydrogen) atoms. The summed E-state index contributed by atoms with van der Waals surface area (Å²) in [5.74, 6) is -0.0984. The maximum absolute atomic E-state index is 13.1. The van der Waals surface area contributed by atoms with Crippen LogP contribution in [0, 0.1) is 13.8 Å². The van der Waals surface area contributed by atoms with E-state index in [1.807, 2.05) is 23.3 Å². The Kier molecular flexibility index (Phi) is 6.48. The summed E-state index contributed by atoms with van der Waals surface area (Å²) < 4.78 is 28.5. The largest absolute Gasteiger partial charge is 0.346 e. The predicted octanol–water partition coefficient (Wildman–Crippen LogP) is 3.91. The Bertz CT molecular complexity index is 1210. The van der Waals surface area contributed by atoms with Gasteiger partial charge in [-0.1, -0.05) is 18.2 Å². The van der Waals surface area contributed by atoms with E-state index < -0.39 is 10.0 Å². The lowest BCUT2D eigenvalue weighted by molar-refractivity contribution is 0.0767. The second-order valence-electron chi connectivity index (χ2n) is 7.90. The molecule has 9 heteroatoms. The number of benzene rings is 2. The molecule has 168 valence electrons. The summed E-state index contributed by atoms with van der Waals surface area (Å²) in [6, 6.07) is 12.0. The number of carbonyl (C=O) groups is 1. The Labute approximate surface area is 192 Å². The molecule has 1 saturated heterocycles. The number of hydrogen-bond acceptors (Lipinski definition) is 6. The molecule has 0 bridgehead atoms. The second kappa shape index (κ2) is 9.30. The number of aromatic nitrogens is 1. The standard InChI is InChI=1S/C23H26N4O3S2/c1-17-7-8-18(2)21(15-17)32(29,30)25-20-6-3-5-19(16-20)22(28)26-10-4-11-27(13-12-26)23-24-9-14-31-23/h3,5-9,14-16,25H,4,10-13H2,1-2H3. The van der Waals surface area contributed by atoms with Crippen molar-refractivity contribution < 1.29 is 13.2 Å². The van der Waals surface area contributed by atoms with E-state index in [2.05, 4.69) is 14.6 Å². The van der Waals surface area contributed by atoms with Gasteiger partial charge in [-0.05, 0) is 55.7 Å². The number of nitrogens with one attached hydrogen (secondary N) is 1. The van der Waals surface area contributed by atoms with Gasteiger partial charge in [-0.3, -0.25) is 9.52 Å². The molecule has 0 unspecified atom stereocenters. The van der Waals surface area contributed by atoms with E-state index in [-0.39, 0.29) is 10.8 Å². The van der Waals surface area contributed by atoms with Gasteiger partial charge < -0.3 is 9.80 Å². The summed E-state index contributed by atoms with van der Waals surface area (Å²) in [5, 5.41) is 2.93. The van der Waals surface area contributed by atoms with Crippen molar-refractivity contribution in [1.82, 2.24) is 9.88 Å². The predicted molar refractivity (Wildman–Crippen MR) is 128 cm³/mol. The van der Waals surface area contributed by atoms with Crippen molar-refractivity contribution in [2.24, 2.45) is 0 Å². The highest BCUT2D eigenvalue weighted by Crippen LogP contribution is 2.23. The van der Waals surface area contributed by atoms with Crippen molar-refractivity contribution in [1.29, 1.82) is 0 Å². The molecule has 1 fully saturated rings. The smallest absolute Gasteiger partial charge is 0.262 e. The number of aryl methyl sites for hydroxylation is 2. The molecule has 7 nitrogen and oxygen atoms in total. The van der Waals surface area contributed by atoms with Crippen LogP contribution < -0.4 is 9.62 Å². The third kappa shape index (κ3) is 4.94. The van der Waals surface area contributed by atoms with E-state index in [4.69, 9.17) is 0 Å². The topological polar surface area (TPSA) is 82.6 Å². The molecule has 0 saturated carbocycles. The van der Waals surface area contributed by atoms with Crippen LogP contribution in [0.3, 0.4) is 0 Å². The quantitative estimate of drug-likeness (QED) is 0.611. The summed E-state index contributed by atoms with van der Waals surface area (Å²) in [5.41, 5.74) is 2.38. The molecule has 2 aromatic carbocycles. The molecule has 1 aromatic heterocycles. The van der Waals surface area contributed by atoms with Crippen LogP contribution in [0.5, 0.6) is 0 Å². The zero-order valence-corrected chi connectivity index (χ0v) is 19.7. The number of rotatable bonds is 5. The molecule has 1 N–H and O–H groups in total. The Morgan fingerprint density at radius 2 is 1.91 bits per heavy atom. The van der Waals surface area contributed by atoms with E-state index in [0.717, 1.165) is 30.2 Å². The van der Waals surface area contributed by atoms with Crippen LogP contribution in [0.25, 0.3) is 0 Å². The summed E-state index contributed by atoms with van der Waals surface area (Å²) in [4.78, 5) is 21.8. The number of hydrogen-bond donors (Lipinski definition) is 1. The van der Waals surface area contributed by atoms with Crippen LogP contribution in [0.1, 0.15) is 27.9 Å². The fourth-order valence-electron chi connectivity index (χ4n) is 3.79. The van der Waals surface area contributed by atoms with Crippen molar-refractivity contribution in [2.75, 3.05) is 35.8 Å². The minimum Gasteiger partial charge on any atom is -0.346 e. The monoisotopic (exact) mass is 470 g/mol. The number of carbonyl (C=O) groups excluding carboxylic acids is 1. The Balaban J connectivity index is 1.49. The third-order valence-corrected chi connectivity index (χ3v) is 7.82. The molecule has 2 heterocycles. The first-order chi connectivity index (χ1) is 15.3. The van der Waals surface area contributed by atoms with Gasteiger partial charge in [0.05, 0.1) is 4.90 Å². The van der Waals surface area contributed by atoms with Gasteiger partial charge >= 0.3 is 0 Å². The molecule has 4 rings (SSSR count). The van der Waals surface area contributed by atoms with Crippen molar-refractivity contribution in [3.8, 4) is 0 Å². The first-order valence-corrected chi connectivity index (χ1v) is 12.8. The lowest BCUT2D eigenvalue weighted by atomic mass is 10.1. The van der Waals surface area contributed by atoms with Crippen LogP contribution in [0.2, 0.25) is 0 Å². The maximum atomic E-state index is 13.1. The average molecular weight is 471 g/mol. The zero-order valence-electron chi connectivity index (χ0n) is 18.1. The summed E-state index contributed by atoms with van der Waals surface area (Å²) >= 11 is 1.60. The summed E-state index contributed by atoms with van der Waals surface area (Å²) in [6.07, 6.45) is 2.64. The third-order valence-electron chi connectivity index (χ3n) is 5.47. The van der Waals surface area contributed by atoms with Gasteiger partial charge in [-0.2, -0.15) is 0 Å². The molecule has 0 spiro atoms. The fourth-order valence-corrected chi connectivity index (χ4v) is 5.87. The first-order valence-electron chi connectivity index (χ1n) is 10.5. The van der Waals surface area contributed by atoms with Crippen molar-refractivity contribution in [3.63, 3.8) is 0 Å². The van der Waals surface area contributed by atoms with E-state index in [9.17, 15) is 13.2 Å². The highest BCUT2D eigenvalue weighted by Gasteiger charge is 2.22. The van der Waals surface area contributed by atoms with Crippen LogP contribution in [0.4, 0.5) is 10.8 Å². The molecule has 1 amide bonds. The highest BCUT2D eigenvalue weighted by atomic mass is 32.2. The maximum Gasteiger partial charge on any atom is 0.262 e. The molecule has 3 aromatic rings.